The van der Waals surface area contributed by atoms with Gasteiger partial charge in [0.05, 0.1) is 5.69 Å². The molecule has 0 spiro atoms. The SMILES string of the molecule is Cc1ncoc1C(=O)N1CCCC(CN)C1. The van der Waals surface area contributed by atoms with E-state index in [1.165, 1.54) is 6.39 Å². The number of nitrogens with two attached hydrogens (primary N) is 1. The van der Waals surface area contributed by atoms with Crippen LogP contribution in [0.15, 0.2) is 10.8 Å². The third-order valence-corrected chi connectivity index (χ3v) is 3.08. The summed E-state index contributed by atoms with van der Waals surface area (Å²) in [5.41, 5.74) is 6.29. The van der Waals surface area contributed by atoms with Gasteiger partial charge in [-0.3, -0.25) is 4.79 Å². The van der Waals surface area contributed by atoms with Gasteiger partial charge in [0.25, 0.3) is 5.91 Å². The second-order valence-electron chi connectivity index (χ2n) is 4.26. The summed E-state index contributed by atoms with van der Waals surface area (Å²) < 4.78 is 5.11. The Bertz CT molecular complexity index is 375. The lowest BCUT2D eigenvalue weighted by molar-refractivity contribution is 0.0645. The number of oxazole rings is 1. The average molecular weight is 223 g/mol. The molecule has 0 aromatic carbocycles. The molecule has 16 heavy (non-hydrogen) atoms. The highest BCUT2D eigenvalue weighted by molar-refractivity contribution is 5.92. The van der Waals surface area contributed by atoms with Gasteiger partial charge >= 0.3 is 0 Å². The van der Waals surface area contributed by atoms with Crippen LogP contribution >= 0.6 is 0 Å². The fraction of sp³-hybridized carbons (Fsp3) is 0.636. The first kappa shape index (κ1) is 11.1. The molecule has 5 nitrogen and oxygen atoms in total. The summed E-state index contributed by atoms with van der Waals surface area (Å²) >= 11 is 0. The summed E-state index contributed by atoms with van der Waals surface area (Å²) in [6.07, 6.45) is 3.43. The average Bonchev–Trinajstić information content (AvgIpc) is 2.74. The maximum atomic E-state index is 12.1. The first-order valence-corrected chi connectivity index (χ1v) is 5.61. The minimum absolute atomic E-state index is 0.0619. The van der Waals surface area contributed by atoms with E-state index in [2.05, 4.69) is 4.98 Å². The molecule has 1 saturated heterocycles. The van der Waals surface area contributed by atoms with Crippen molar-refractivity contribution in [3.05, 3.63) is 17.8 Å². The second-order valence-corrected chi connectivity index (χ2v) is 4.26. The second kappa shape index (κ2) is 4.65. The lowest BCUT2D eigenvalue weighted by Gasteiger charge is -2.31. The van der Waals surface area contributed by atoms with Gasteiger partial charge in [0.15, 0.2) is 6.39 Å². The van der Waals surface area contributed by atoms with E-state index in [0.29, 0.717) is 23.9 Å². The van der Waals surface area contributed by atoms with Crippen molar-refractivity contribution in [2.75, 3.05) is 19.6 Å². The molecule has 0 saturated carbocycles. The minimum Gasteiger partial charge on any atom is -0.438 e. The van der Waals surface area contributed by atoms with Crippen molar-refractivity contribution in [3.63, 3.8) is 0 Å². The zero-order chi connectivity index (χ0) is 11.5. The Kier molecular flexibility index (Phi) is 3.24. The van der Waals surface area contributed by atoms with E-state index in [0.717, 1.165) is 25.9 Å². The van der Waals surface area contributed by atoms with E-state index in [-0.39, 0.29) is 5.91 Å². The molecule has 0 aliphatic carbocycles. The Hall–Kier alpha value is -1.36. The molecule has 1 aromatic rings. The third kappa shape index (κ3) is 2.09. The van der Waals surface area contributed by atoms with Crippen molar-refractivity contribution in [1.29, 1.82) is 0 Å². The normalized spacial score (nSPS) is 21.1. The Labute approximate surface area is 94.6 Å². The summed E-state index contributed by atoms with van der Waals surface area (Å²) in [7, 11) is 0. The third-order valence-electron chi connectivity index (χ3n) is 3.08. The fourth-order valence-corrected chi connectivity index (χ4v) is 2.09. The van der Waals surface area contributed by atoms with Crippen molar-refractivity contribution < 1.29 is 9.21 Å². The molecule has 1 unspecified atom stereocenters. The van der Waals surface area contributed by atoms with Crippen LogP contribution in [0.1, 0.15) is 29.1 Å². The molecule has 1 atom stereocenters. The van der Waals surface area contributed by atoms with E-state index in [4.69, 9.17) is 10.2 Å². The molecule has 88 valence electrons. The number of piperidine rings is 1. The molecule has 0 bridgehead atoms. The van der Waals surface area contributed by atoms with Gasteiger partial charge in [0.2, 0.25) is 5.76 Å². The van der Waals surface area contributed by atoms with Crippen molar-refractivity contribution >= 4 is 5.91 Å². The number of amides is 1. The lowest BCUT2D eigenvalue weighted by Crippen LogP contribution is -2.42. The van der Waals surface area contributed by atoms with Gasteiger partial charge in [-0.05, 0) is 32.2 Å². The number of aryl methyl sites for hydroxylation is 1. The highest BCUT2D eigenvalue weighted by Crippen LogP contribution is 2.18. The van der Waals surface area contributed by atoms with E-state index in [1.54, 1.807) is 6.92 Å². The Morgan fingerprint density at radius 2 is 2.56 bits per heavy atom. The molecule has 2 N–H and O–H groups in total. The smallest absolute Gasteiger partial charge is 0.291 e. The zero-order valence-electron chi connectivity index (χ0n) is 9.48. The Balaban J connectivity index is 2.07. The first-order chi connectivity index (χ1) is 7.72. The van der Waals surface area contributed by atoms with Crippen LogP contribution in [0.3, 0.4) is 0 Å². The lowest BCUT2D eigenvalue weighted by atomic mass is 9.98. The summed E-state index contributed by atoms with van der Waals surface area (Å²) in [6, 6.07) is 0. The molecule has 0 radical (unpaired) electrons. The van der Waals surface area contributed by atoms with E-state index in [1.807, 2.05) is 4.90 Å². The van der Waals surface area contributed by atoms with Crippen LogP contribution < -0.4 is 5.73 Å². The van der Waals surface area contributed by atoms with Gasteiger partial charge in [0, 0.05) is 13.1 Å². The molecular formula is C11H17N3O2. The van der Waals surface area contributed by atoms with Crippen LogP contribution in [0.5, 0.6) is 0 Å². The molecule has 1 aliphatic rings. The fourth-order valence-electron chi connectivity index (χ4n) is 2.09. The van der Waals surface area contributed by atoms with Gasteiger partial charge in [-0.15, -0.1) is 0 Å². The van der Waals surface area contributed by atoms with Crippen LogP contribution in [-0.2, 0) is 0 Å². The largest absolute Gasteiger partial charge is 0.438 e. The summed E-state index contributed by atoms with van der Waals surface area (Å²) in [4.78, 5) is 17.8. The quantitative estimate of drug-likeness (QED) is 0.804. The standard InChI is InChI=1S/C11H17N3O2/c1-8-10(16-7-13-8)11(15)14-4-2-3-9(5-12)6-14/h7,9H,2-6,12H2,1H3. The maximum absolute atomic E-state index is 12.1. The van der Waals surface area contributed by atoms with Crippen molar-refractivity contribution in [3.8, 4) is 0 Å². The van der Waals surface area contributed by atoms with Crippen molar-refractivity contribution in [2.45, 2.75) is 19.8 Å². The number of aromatic nitrogens is 1. The molecule has 5 heteroatoms. The highest BCUT2D eigenvalue weighted by Gasteiger charge is 2.26. The summed E-state index contributed by atoms with van der Waals surface area (Å²) in [5.74, 6) is 0.715. The number of hydrogen-bond acceptors (Lipinski definition) is 4. The number of carbonyl (C=O) groups excluding carboxylic acids is 1. The summed E-state index contributed by atoms with van der Waals surface area (Å²) in [5, 5.41) is 0. The summed E-state index contributed by atoms with van der Waals surface area (Å²) in [6.45, 7) is 3.94. The minimum atomic E-state index is -0.0619. The molecule has 2 heterocycles. The predicted molar refractivity (Wildman–Crippen MR) is 58.9 cm³/mol. The Morgan fingerprint density at radius 3 is 3.19 bits per heavy atom. The van der Waals surface area contributed by atoms with Crippen molar-refractivity contribution in [2.24, 2.45) is 11.7 Å². The van der Waals surface area contributed by atoms with Gasteiger partial charge in [-0.2, -0.15) is 0 Å². The number of rotatable bonds is 2. The van der Waals surface area contributed by atoms with Crippen LogP contribution in [0.25, 0.3) is 0 Å². The van der Waals surface area contributed by atoms with Gasteiger partial charge in [-0.1, -0.05) is 0 Å². The van der Waals surface area contributed by atoms with E-state index < -0.39 is 0 Å². The van der Waals surface area contributed by atoms with Crippen LogP contribution in [0.4, 0.5) is 0 Å². The Morgan fingerprint density at radius 1 is 1.75 bits per heavy atom. The predicted octanol–water partition coefficient (Wildman–Crippen LogP) is 0.794. The molecule has 1 aromatic heterocycles. The molecule has 1 fully saturated rings. The number of carbonyl (C=O) groups is 1. The maximum Gasteiger partial charge on any atom is 0.291 e. The number of hydrogen-bond donors (Lipinski definition) is 1. The zero-order valence-corrected chi connectivity index (χ0v) is 9.48. The topological polar surface area (TPSA) is 72.4 Å². The van der Waals surface area contributed by atoms with Gasteiger partial charge < -0.3 is 15.1 Å². The van der Waals surface area contributed by atoms with E-state index in [9.17, 15) is 4.79 Å². The van der Waals surface area contributed by atoms with Crippen LogP contribution in [0, 0.1) is 12.8 Å². The first-order valence-electron chi connectivity index (χ1n) is 5.61. The molecule has 1 aliphatic heterocycles. The van der Waals surface area contributed by atoms with Crippen LogP contribution in [0.2, 0.25) is 0 Å². The number of likely N-dealkylation sites (tertiary alicyclic amines) is 1. The van der Waals surface area contributed by atoms with Gasteiger partial charge in [-0.25, -0.2) is 4.98 Å². The van der Waals surface area contributed by atoms with E-state index >= 15 is 0 Å². The monoisotopic (exact) mass is 223 g/mol. The molecule has 1 amide bonds. The highest BCUT2D eigenvalue weighted by atomic mass is 16.3. The molecular weight excluding hydrogens is 206 g/mol. The van der Waals surface area contributed by atoms with Gasteiger partial charge in [0.1, 0.15) is 0 Å². The number of nitrogens with zero attached hydrogens (tertiary/aromatic N) is 2. The molecule has 2 rings (SSSR count). The van der Waals surface area contributed by atoms with Crippen LogP contribution in [-0.4, -0.2) is 35.4 Å². The van der Waals surface area contributed by atoms with Crippen molar-refractivity contribution in [1.82, 2.24) is 9.88 Å².